The second-order valence-corrected chi connectivity index (χ2v) is 5.32. The van der Waals surface area contributed by atoms with Gasteiger partial charge in [0.05, 0.1) is 6.61 Å². The van der Waals surface area contributed by atoms with Crippen LogP contribution in [0.5, 0.6) is 0 Å². The molecule has 1 atom stereocenters. The van der Waals surface area contributed by atoms with E-state index in [9.17, 15) is 0 Å². The maximum absolute atomic E-state index is 5.36. The maximum Gasteiger partial charge on any atom is 0.0630 e. The predicted octanol–water partition coefficient (Wildman–Crippen LogP) is 1.49. The highest BCUT2D eigenvalue weighted by Gasteiger charge is 2.28. The van der Waals surface area contributed by atoms with Crippen LogP contribution >= 0.6 is 0 Å². The van der Waals surface area contributed by atoms with Crippen molar-refractivity contribution in [1.82, 2.24) is 10.2 Å². The van der Waals surface area contributed by atoms with Gasteiger partial charge in [0, 0.05) is 32.3 Å². The largest absolute Gasteiger partial charge is 0.383 e. The molecule has 1 unspecified atom stereocenters. The van der Waals surface area contributed by atoms with Gasteiger partial charge in [0.25, 0.3) is 0 Å². The molecule has 94 valence electrons. The van der Waals surface area contributed by atoms with E-state index >= 15 is 0 Å². The maximum atomic E-state index is 5.36. The number of nitrogens with zero attached hydrogens (tertiary/aromatic N) is 1. The summed E-state index contributed by atoms with van der Waals surface area (Å²) in [4.78, 5) is 2.59. The molecule has 2 aliphatic carbocycles. The molecule has 0 aliphatic heterocycles. The molecule has 3 heteroatoms. The van der Waals surface area contributed by atoms with Crippen LogP contribution in [0.1, 0.15) is 32.6 Å². The lowest BCUT2D eigenvalue weighted by Crippen LogP contribution is -2.46. The fourth-order valence-electron chi connectivity index (χ4n) is 2.24. The van der Waals surface area contributed by atoms with Crippen LogP contribution in [0.3, 0.4) is 0 Å². The van der Waals surface area contributed by atoms with Gasteiger partial charge in [0.15, 0.2) is 0 Å². The third kappa shape index (κ3) is 4.04. The van der Waals surface area contributed by atoms with Gasteiger partial charge in [-0.25, -0.2) is 0 Å². The number of nitrogens with one attached hydrogen (secondary N) is 1. The van der Waals surface area contributed by atoms with E-state index in [4.69, 9.17) is 4.74 Å². The number of rotatable bonds is 9. The summed E-state index contributed by atoms with van der Waals surface area (Å²) in [5.74, 6) is 0.972. The van der Waals surface area contributed by atoms with Gasteiger partial charge in [-0.3, -0.25) is 4.90 Å². The number of hydrogen-bond donors (Lipinski definition) is 1. The molecule has 0 heterocycles. The Hall–Kier alpha value is -0.120. The number of hydrogen-bond acceptors (Lipinski definition) is 3. The molecule has 2 rings (SSSR count). The van der Waals surface area contributed by atoms with E-state index in [0.29, 0.717) is 6.04 Å². The summed E-state index contributed by atoms with van der Waals surface area (Å²) in [7, 11) is 1.81. The standard InChI is InChI=1S/C13H26N2O/c1-3-15(9-11-4-5-11)13(10-16-2)8-14-12-6-7-12/h11-14H,3-10H2,1-2H3. The molecule has 0 amide bonds. The van der Waals surface area contributed by atoms with E-state index in [1.165, 1.54) is 32.2 Å². The first kappa shape index (κ1) is 12.3. The third-order valence-corrected chi connectivity index (χ3v) is 3.69. The summed E-state index contributed by atoms with van der Waals surface area (Å²) in [6.07, 6.45) is 5.61. The third-order valence-electron chi connectivity index (χ3n) is 3.69. The first-order valence-corrected chi connectivity index (χ1v) is 6.79. The van der Waals surface area contributed by atoms with Crippen molar-refractivity contribution >= 4 is 0 Å². The van der Waals surface area contributed by atoms with Crippen molar-refractivity contribution in [2.45, 2.75) is 44.7 Å². The molecule has 0 aromatic heterocycles. The average molecular weight is 226 g/mol. The quantitative estimate of drug-likeness (QED) is 0.644. The van der Waals surface area contributed by atoms with Crippen molar-refractivity contribution in [3.63, 3.8) is 0 Å². The lowest BCUT2D eigenvalue weighted by atomic mass is 10.2. The Morgan fingerprint density at radius 3 is 2.56 bits per heavy atom. The van der Waals surface area contributed by atoms with E-state index in [1.54, 1.807) is 0 Å². The molecular formula is C13H26N2O. The molecular weight excluding hydrogens is 200 g/mol. The highest BCUT2D eigenvalue weighted by atomic mass is 16.5. The summed E-state index contributed by atoms with van der Waals surface area (Å²) in [6.45, 7) is 6.65. The minimum atomic E-state index is 0.566. The van der Waals surface area contributed by atoms with Crippen molar-refractivity contribution in [1.29, 1.82) is 0 Å². The lowest BCUT2D eigenvalue weighted by Gasteiger charge is -2.30. The molecule has 0 bridgehead atoms. The molecule has 0 aromatic rings. The Bertz CT molecular complexity index is 202. The molecule has 2 aliphatic rings. The van der Waals surface area contributed by atoms with Gasteiger partial charge in [0.2, 0.25) is 0 Å². The van der Waals surface area contributed by atoms with Crippen LogP contribution in [0.4, 0.5) is 0 Å². The van der Waals surface area contributed by atoms with Crippen molar-refractivity contribution in [3.05, 3.63) is 0 Å². The van der Waals surface area contributed by atoms with E-state index < -0.39 is 0 Å². The summed E-state index contributed by atoms with van der Waals surface area (Å²) < 4.78 is 5.36. The Morgan fingerprint density at radius 1 is 1.31 bits per heavy atom. The van der Waals surface area contributed by atoms with Gasteiger partial charge in [-0.1, -0.05) is 6.92 Å². The topological polar surface area (TPSA) is 24.5 Å². The number of ether oxygens (including phenoxy) is 1. The highest BCUT2D eigenvalue weighted by molar-refractivity contribution is 4.86. The van der Waals surface area contributed by atoms with Crippen LogP contribution in [-0.4, -0.2) is 50.3 Å². The summed E-state index contributed by atoms with van der Waals surface area (Å²) in [5.41, 5.74) is 0. The zero-order valence-corrected chi connectivity index (χ0v) is 10.7. The van der Waals surface area contributed by atoms with Gasteiger partial charge in [-0.2, -0.15) is 0 Å². The van der Waals surface area contributed by atoms with E-state index in [0.717, 1.165) is 31.7 Å². The Labute approximate surface area is 99.5 Å². The Balaban J connectivity index is 1.75. The molecule has 0 saturated heterocycles. The normalized spacial score (nSPS) is 22.7. The van der Waals surface area contributed by atoms with Gasteiger partial charge in [-0.05, 0) is 38.1 Å². The average Bonchev–Trinajstić information content (AvgIpc) is 3.15. The second kappa shape index (κ2) is 5.99. The Kier molecular flexibility index (Phi) is 4.62. The van der Waals surface area contributed by atoms with Crippen LogP contribution in [-0.2, 0) is 4.74 Å². The van der Waals surface area contributed by atoms with Gasteiger partial charge < -0.3 is 10.1 Å². The molecule has 0 aromatic carbocycles. The van der Waals surface area contributed by atoms with Gasteiger partial charge >= 0.3 is 0 Å². The predicted molar refractivity (Wildman–Crippen MR) is 66.7 cm³/mol. The molecule has 2 saturated carbocycles. The van der Waals surface area contributed by atoms with E-state index in [1.807, 2.05) is 7.11 Å². The molecule has 2 fully saturated rings. The van der Waals surface area contributed by atoms with E-state index in [-0.39, 0.29) is 0 Å². The monoisotopic (exact) mass is 226 g/mol. The fraction of sp³-hybridized carbons (Fsp3) is 1.00. The first-order valence-electron chi connectivity index (χ1n) is 6.79. The van der Waals surface area contributed by atoms with Crippen LogP contribution in [0.15, 0.2) is 0 Å². The van der Waals surface area contributed by atoms with Crippen LogP contribution < -0.4 is 5.32 Å². The zero-order valence-electron chi connectivity index (χ0n) is 10.7. The fourth-order valence-corrected chi connectivity index (χ4v) is 2.24. The number of methoxy groups -OCH3 is 1. The molecule has 3 nitrogen and oxygen atoms in total. The minimum absolute atomic E-state index is 0.566. The van der Waals surface area contributed by atoms with Gasteiger partial charge in [0.1, 0.15) is 0 Å². The van der Waals surface area contributed by atoms with Gasteiger partial charge in [-0.15, -0.1) is 0 Å². The van der Waals surface area contributed by atoms with Crippen LogP contribution in [0, 0.1) is 5.92 Å². The SMILES string of the molecule is CCN(CC1CC1)C(CNC1CC1)COC. The zero-order chi connectivity index (χ0) is 11.4. The summed E-state index contributed by atoms with van der Waals surface area (Å²) in [5, 5.41) is 3.63. The molecule has 16 heavy (non-hydrogen) atoms. The lowest BCUT2D eigenvalue weighted by molar-refractivity contribution is 0.0891. The van der Waals surface area contributed by atoms with Crippen molar-refractivity contribution in [2.75, 3.05) is 33.4 Å². The number of likely N-dealkylation sites (N-methyl/N-ethyl adjacent to an activating group) is 1. The molecule has 0 radical (unpaired) electrons. The smallest absolute Gasteiger partial charge is 0.0630 e. The first-order chi connectivity index (χ1) is 7.83. The Morgan fingerprint density at radius 2 is 2.06 bits per heavy atom. The molecule has 0 spiro atoms. The minimum Gasteiger partial charge on any atom is -0.383 e. The summed E-state index contributed by atoms with van der Waals surface area (Å²) in [6, 6.07) is 1.37. The van der Waals surface area contributed by atoms with Crippen molar-refractivity contribution in [3.8, 4) is 0 Å². The van der Waals surface area contributed by atoms with Crippen molar-refractivity contribution < 1.29 is 4.74 Å². The van der Waals surface area contributed by atoms with Crippen LogP contribution in [0.2, 0.25) is 0 Å². The van der Waals surface area contributed by atoms with Crippen LogP contribution in [0.25, 0.3) is 0 Å². The molecule has 1 N–H and O–H groups in total. The van der Waals surface area contributed by atoms with Crippen molar-refractivity contribution in [2.24, 2.45) is 5.92 Å². The summed E-state index contributed by atoms with van der Waals surface area (Å²) >= 11 is 0. The highest BCUT2D eigenvalue weighted by Crippen LogP contribution is 2.30. The second-order valence-electron chi connectivity index (χ2n) is 5.32. The van der Waals surface area contributed by atoms with E-state index in [2.05, 4.69) is 17.1 Å².